The average Bonchev–Trinajstić information content (AvgIpc) is 2.87. The van der Waals surface area contributed by atoms with E-state index in [0.717, 1.165) is 37.4 Å². The predicted octanol–water partition coefficient (Wildman–Crippen LogP) is 2.44. The summed E-state index contributed by atoms with van der Waals surface area (Å²) in [5, 5.41) is 9.37. The zero-order chi connectivity index (χ0) is 14.5. The number of hydrogen-bond donors (Lipinski definition) is 1. The minimum atomic E-state index is 0.132. The summed E-state index contributed by atoms with van der Waals surface area (Å²) in [6, 6.07) is 6.38. The van der Waals surface area contributed by atoms with Crippen LogP contribution < -0.4 is 9.47 Å². The molecule has 112 valence electrons. The molecule has 1 aliphatic rings. The molecule has 0 amide bonds. The van der Waals surface area contributed by atoms with Crippen molar-refractivity contribution in [2.45, 2.75) is 45.4 Å². The first-order valence-electron chi connectivity index (χ1n) is 7.32. The number of aliphatic hydroxyl groups is 1. The molecule has 1 saturated heterocycles. The summed E-state index contributed by atoms with van der Waals surface area (Å²) < 4.78 is 11.1. The van der Waals surface area contributed by atoms with Crippen molar-refractivity contribution in [3.63, 3.8) is 0 Å². The van der Waals surface area contributed by atoms with Gasteiger partial charge in [-0.2, -0.15) is 0 Å². The smallest absolute Gasteiger partial charge is 0.161 e. The van der Waals surface area contributed by atoms with Gasteiger partial charge in [-0.15, -0.1) is 0 Å². The van der Waals surface area contributed by atoms with E-state index in [2.05, 4.69) is 11.0 Å². The Morgan fingerprint density at radius 1 is 1.35 bits per heavy atom. The van der Waals surface area contributed by atoms with Gasteiger partial charge in [0.15, 0.2) is 11.5 Å². The Bertz CT molecular complexity index is 434. The number of nitrogens with zero attached hydrogens (tertiary/aromatic N) is 1. The van der Waals surface area contributed by atoms with Gasteiger partial charge in [0.05, 0.1) is 19.8 Å². The van der Waals surface area contributed by atoms with E-state index in [0.29, 0.717) is 6.04 Å². The van der Waals surface area contributed by atoms with Crippen LogP contribution >= 0.6 is 0 Å². The molecule has 0 bridgehead atoms. The van der Waals surface area contributed by atoms with Gasteiger partial charge < -0.3 is 14.6 Å². The molecule has 1 heterocycles. The van der Waals surface area contributed by atoms with Crippen LogP contribution in [0.1, 0.15) is 32.3 Å². The number of benzene rings is 1. The van der Waals surface area contributed by atoms with Crippen molar-refractivity contribution in [2.24, 2.45) is 0 Å². The van der Waals surface area contributed by atoms with E-state index in [1.807, 2.05) is 26.0 Å². The Morgan fingerprint density at radius 2 is 2.15 bits per heavy atom. The number of rotatable bonds is 6. The fraction of sp³-hybridized carbons (Fsp3) is 0.625. The van der Waals surface area contributed by atoms with E-state index in [4.69, 9.17) is 9.47 Å². The highest BCUT2D eigenvalue weighted by atomic mass is 16.5. The first kappa shape index (κ1) is 15.1. The van der Waals surface area contributed by atoms with Gasteiger partial charge in [-0.3, -0.25) is 4.90 Å². The van der Waals surface area contributed by atoms with Gasteiger partial charge in [-0.1, -0.05) is 6.07 Å². The Morgan fingerprint density at radius 3 is 2.80 bits per heavy atom. The molecule has 0 unspecified atom stereocenters. The molecule has 1 aromatic rings. The minimum Gasteiger partial charge on any atom is -0.493 e. The first-order chi connectivity index (χ1) is 9.63. The third-order valence-electron chi connectivity index (χ3n) is 3.69. The van der Waals surface area contributed by atoms with Crippen molar-refractivity contribution >= 4 is 0 Å². The summed E-state index contributed by atoms with van der Waals surface area (Å²) in [5.74, 6) is 1.56. The zero-order valence-electron chi connectivity index (χ0n) is 12.6. The second-order valence-corrected chi connectivity index (χ2v) is 5.60. The fourth-order valence-corrected chi connectivity index (χ4v) is 2.71. The molecule has 1 atom stereocenters. The van der Waals surface area contributed by atoms with Gasteiger partial charge in [-0.05, 0) is 50.9 Å². The van der Waals surface area contributed by atoms with Crippen molar-refractivity contribution in [2.75, 3.05) is 20.3 Å². The molecule has 20 heavy (non-hydrogen) atoms. The fourth-order valence-electron chi connectivity index (χ4n) is 2.71. The highest BCUT2D eigenvalue weighted by molar-refractivity contribution is 5.43. The molecule has 1 fully saturated rings. The number of hydrogen-bond acceptors (Lipinski definition) is 4. The first-order valence-corrected chi connectivity index (χ1v) is 7.32. The third-order valence-corrected chi connectivity index (χ3v) is 3.69. The summed E-state index contributed by atoms with van der Waals surface area (Å²) in [6.07, 6.45) is 2.38. The van der Waals surface area contributed by atoms with Crippen LogP contribution in [0.4, 0.5) is 0 Å². The van der Waals surface area contributed by atoms with Gasteiger partial charge in [0.2, 0.25) is 0 Å². The Hall–Kier alpha value is -1.26. The van der Waals surface area contributed by atoms with Crippen LogP contribution in [0.2, 0.25) is 0 Å². The highest BCUT2D eigenvalue weighted by Gasteiger charge is 2.23. The second kappa shape index (κ2) is 6.95. The molecule has 1 aliphatic heterocycles. The van der Waals surface area contributed by atoms with Crippen LogP contribution in [0.15, 0.2) is 18.2 Å². The second-order valence-electron chi connectivity index (χ2n) is 5.60. The van der Waals surface area contributed by atoms with Crippen LogP contribution in [0.25, 0.3) is 0 Å². The average molecular weight is 279 g/mol. The standard InChI is InChI=1S/C16H25NO3/c1-12(2)20-15-7-6-13(9-16(15)19-3)10-17-8-4-5-14(17)11-18/h6-7,9,12,14,18H,4-5,8,10-11H2,1-3H3/t14-/m1/s1. The van der Waals surface area contributed by atoms with E-state index >= 15 is 0 Å². The van der Waals surface area contributed by atoms with Crippen LogP contribution in [0.3, 0.4) is 0 Å². The molecule has 0 saturated carbocycles. The van der Waals surface area contributed by atoms with E-state index in [1.54, 1.807) is 7.11 Å². The van der Waals surface area contributed by atoms with Crippen LogP contribution in [-0.2, 0) is 6.54 Å². The van der Waals surface area contributed by atoms with Crippen molar-refractivity contribution in [1.29, 1.82) is 0 Å². The summed E-state index contributed by atoms with van der Waals surface area (Å²) >= 11 is 0. The maximum absolute atomic E-state index is 9.37. The maximum atomic E-state index is 9.37. The third kappa shape index (κ3) is 3.64. The molecule has 4 nitrogen and oxygen atoms in total. The van der Waals surface area contributed by atoms with E-state index in [9.17, 15) is 5.11 Å². The minimum absolute atomic E-state index is 0.132. The lowest BCUT2D eigenvalue weighted by Crippen LogP contribution is -2.31. The molecule has 4 heteroatoms. The number of aliphatic hydroxyl groups excluding tert-OH is 1. The lowest BCUT2D eigenvalue weighted by molar-refractivity contribution is 0.153. The van der Waals surface area contributed by atoms with Crippen molar-refractivity contribution in [3.05, 3.63) is 23.8 Å². The largest absolute Gasteiger partial charge is 0.493 e. The maximum Gasteiger partial charge on any atom is 0.161 e. The summed E-state index contributed by atoms with van der Waals surface area (Å²) in [5.41, 5.74) is 1.19. The van der Waals surface area contributed by atoms with E-state index < -0.39 is 0 Å². The number of ether oxygens (including phenoxy) is 2. The Kier molecular flexibility index (Phi) is 5.26. The van der Waals surface area contributed by atoms with Gasteiger partial charge >= 0.3 is 0 Å². The normalized spacial score (nSPS) is 19.6. The lowest BCUT2D eigenvalue weighted by atomic mass is 10.1. The van der Waals surface area contributed by atoms with Gasteiger partial charge in [0, 0.05) is 12.6 Å². The molecule has 0 aliphatic carbocycles. The Labute approximate surface area is 121 Å². The van der Waals surface area contributed by atoms with Crippen molar-refractivity contribution in [3.8, 4) is 11.5 Å². The molecule has 2 rings (SSSR count). The molecule has 1 N–H and O–H groups in total. The molecule has 0 spiro atoms. The van der Waals surface area contributed by atoms with Gasteiger partial charge in [0.25, 0.3) is 0 Å². The van der Waals surface area contributed by atoms with Crippen molar-refractivity contribution < 1.29 is 14.6 Å². The Balaban J connectivity index is 2.09. The topological polar surface area (TPSA) is 41.9 Å². The number of methoxy groups -OCH3 is 1. The molecule has 0 aromatic heterocycles. The molecule has 0 radical (unpaired) electrons. The summed E-state index contributed by atoms with van der Waals surface area (Å²) in [4.78, 5) is 2.33. The van der Waals surface area contributed by atoms with Crippen LogP contribution in [-0.4, -0.2) is 42.4 Å². The number of likely N-dealkylation sites (tertiary alicyclic amines) is 1. The zero-order valence-corrected chi connectivity index (χ0v) is 12.6. The predicted molar refractivity (Wildman–Crippen MR) is 79.3 cm³/mol. The molecule has 1 aromatic carbocycles. The molecular weight excluding hydrogens is 254 g/mol. The highest BCUT2D eigenvalue weighted by Crippen LogP contribution is 2.30. The SMILES string of the molecule is COc1cc(CN2CCC[C@@H]2CO)ccc1OC(C)C. The van der Waals surface area contributed by atoms with Crippen molar-refractivity contribution in [1.82, 2.24) is 4.90 Å². The van der Waals surface area contributed by atoms with Gasteiger partial charge in [-0.25, -0.2) is 0 Å². The summed E-state index contributed by atoms with van der Waals surface area (Å²) in [6.45, 7) is 6.15. The van der Waals surface area contributed by atoms with Crippen LogP contribution in [0.5, 0.6) is 11.5 Å². The lowest BCUT2D eigenvalue weighted by Gasteiger charge is -2.23. The quantitative estimate of drug-likeness (QED) is 0.868. The van der Waals surface area contributed by atoms with E-state index in [-0.39, 0.29) is 12.7 Å². The van der Waals surface area contributed by atoms with Gasteiger partial charge in [0.1, 0.15) is 0 Å². The van der Waals surface area contributed by atoms with Crippen LogP contribution in [0, 0.1) is 0 Å². The van der Waals surface area contributed by atoms with E-state index in [1.165, 1.54) is 5.56 Å². The molecular formula is C16H25NO3. The summed E-state index contributed by atoms with van der Waals surface area (Å²) in [7, 11) is 1.67. The monoisotopic (exact) mass is 279 g/mol.